The Hall–Kier alpha value is -0.0400. The molecule has 1 aliphatic rings. The summed E-state index contributed by atoms with van der Waals surface area (Å²) in [6, 6.07) is 0. The van der Waals surface area contributed by atoms with E-state index in [1.807, 2.05) is 0 Å². The molecule has 0 radical (unpaired) electrons. The lowest BCUT2D eigenvalue weighted by molar-refractivity contribution is 0.0598. The van der Waals surface area contributed by atoms with E-state index in [1.54, 1.807) is 0 Å². The van der Waals surface area contributed by atoms with Crippen LogP contribution in [0, 0.1) is 5.92 Å². The van der Waals surface area contributed by atoms with Crippen molar-refractivity contribution in [1.82, 2.24) is 0 Å². The second kappa shape index (κ2) is 3.97. The zero-order valence-corrected chi connectivity index (χ0v) is 7.10. The van der Waals surface area contributed by atoms with Gasteiger partial charge in [0, 0.05) is 6.61 Å². The lowest BCUT2D eigenvalue weighted by atomic mass is 9.95. The Balaban J connectivity index is 2.29. The minimum absolute atomic E-state index is 0.593. The Kier molecular flexibility index (Phi) is 3.20. The summed E-state index contributed by atoms with van der Waals surface area (Å²) in [4.78, 5) is 0. The number of ether oxygens (including phenoxy) is 1. The van der Waals surface area contributed by atoms with E-state index in [4.69, 9.17) is 4.74 Å². The monoisotopic (exact) mass is 142 g/mol. The molecule has 0 saturated carbocycles. The van der Waals surface area contributed by atoms with Gasteiger partial charge in [-0.15, -0.1) is 0 Å². The van der Waals surface area contributed by atoms with Crippen molar-refractivity contribution < 1.29 is 4.74 Å². The van der Waals surface area contributed by atoms with Crippen LogP contribution in [0.2, 0.25) is 0 Å². The zero-order chi connectivity index (χ0) is 7.40. The molecule has 1 aliphatic heterocycles. The average molecular weight is 142 g/mol. The van der Waals surface area contributed by atoms with Crippen molar-refractivity contribution in [2.75, 3.05) is 6.61 Å². The van der Waals surface area contributed by atoms with E-state index in [1.165, 1.54) is 25.7 Å². The molecule has 1 heteroatoms. The van der Waals surface area contributed by atoms with Gasteiger partial charge >= 0.3 is 0 Å². The van der Waals surface area contributed by atoms with Crippen LogP contribution in [0.25, 0.3) is 0 Å². The maximum Gasteiger partial charge on any atom is 0.0603 e. The quantitative estimate of drug-likeness (QED) is 0.588. The molecule has 10 heavy (non-hydrogen) atoms. The fraction of sp³-hybridized carbons (Fsp3) is 1.00. The summed E-state index contributed by atoms with van der Waals surface area (Å²) in [5.74, 6) is 0.822. The fourth-order valence-electron chi connectivity index (χ4n) is 1.79. The normalized spacial score (nSPS) is 26.1. The molecule has 0 N–H and O–H groups in total. The summed E-state index contributed by atoms with van der Waals surface area (Å²) in [7, 11) is 0. The van der Waals surface area contributed by atoms with Crippen LogP contribution in [0.1, 0.15) is 39.5 Å². The van der Waals surface area contributed by atoms with E-state index >= 15 is 0 Å². The van der Waals surface area contributed by atoms with E-state index in [0.717, 1.165) is 12.5 Å². The minimum atomic E-state index is 0.593. The van der Waals surface area contributed by atoms with E-state index in [0.29, 0.717) is 6.10 Å². The van der Waals surface area contributed by atoms with Crippen molar-refractivity contribution >= 4 is 0 Å². The molecule has 1 heterocycles. The van der Waals surface area contributed by atoms with E-state index in [-0.39, 0.29) is 0 Å². The second-order valence-electron chi connectivity index (χ2n) is 3.13. The molecule has 1 rings (SSSR count). The largest absolute Gasteiger partial charge is 0.378 e. The highest BCUT2D eigenvalue weighted by Gasteiger charge is 2.22. The van der Waals surface area contributed by atoms with Gasteiger partial charge in [-0.1, -0.05) is 26.7 Å². The molecule has 0 aromatic heterocycles. The fourth-order valence-corrected chi connectivity index (χ4v) is 1.79. The third-order valence-corrected chi connectivity index (χ3v) is 2.54. The lowest BCUT2D eigenvalue weighted by Crippen LogP contribution is -2.17. The highest BCUT2D eigenvalue weighted by molar-refractivity contribution is 4.72. The summed E-state index contributed by atoms with van der Waals surface area (Å²) in [6.45, 7) is 5.52. The SMILES string of the molecule is CCC(CC)C1CCCO1. The first-order chi connectivity index (χ1) is 4.88. The maximum atomic E-state index is 5.60. The summed E-state index contributed by atoms with van der Waals surface area (Å²) in [5.41, 5.74) is 0. The van der Waals surface area contributed by atoms with Gasteiger partial charge in [-0.25, -0.2) is 0 Å². The van der Waals surface area contributed by atoms with Gasteiger partial charge in [0.25, 0.3) is 0 Å². The van der Waals surface area contributed by atoms with Crippen molar-refractivity contribution in [1.29, 1.82) is 0 Å². The van der Waals surface area contributed by atoms with E-state index < -0.39 is 0 Å². The number of hydrogen-bond donors (Lipinski definition) is 0. The first kappa shape index (κ1) is 8.06. The Labute approximate surface area is 63.8 Å². The highest BCUT2D eigenvalue weighted by atomic mass is 16.5. The molecule has 0 amide bonds. The molecule has 0 aliphatic carbocycles. The van der Waals surface area contributed by atoms with Crippen LogP contribution in [0.3, 0.4) is 0 Å². The first-order valence-electron chi connectivity index (χ1n) is 4.50. The van der Waals surface area contributed by atoms with E-state index in [9.17, 15) is 0 Å². The molecule has 1 saturated heterocycles. The standard InChI is InChI=1S/C9H18O/c1-3-8(4-2)9-6-5-7-10-9/h8-9H,3-7H2,1-2H3. The summed E-state index contributed by atoms with van der Waals surface area (Å²) < 4.78 is 5.60. The van der Waals surface area contributed by atoms with Crippen LogP contribution in [0.5, 0.6) is 0 Å². The molecule has 0 spiro atoms. The van der Waals surface area contributed by atoms with Crippen molar-refractivity contribution in [3.8, 4) is 0 Å². The molecule has 1 fully saturated rings. The molecule has 1 atom stereocenters. The van der Waals surface area contributed by atoms with Crippen LogP contribution in [-0.4, -0.2) is 12.7 Å². The summed E-state index contributed by atoms with van der Waals surface area (Å²) in [5, 5.41) is 0. The van der Waals surface area contributed by atoms with Gasteiger partial charge < -0.3 is 4.74 Å². The van der Waals surface area contributed by atoms with Crippen LogP contribution >= 0.6 is 0 Å². The molecule has 60 valence electrons. The van der Waals surface area contributed by atoms with Crippen molar-refractivity contribution in [3.63, 3.8) is 0 Å². The van der Waals surface area contributed by atoms with Crippen LogP contribution in [0.15, 0.2) is 0 Å². The second-order valence-corrected chi connectivity index (χ2v) is 3.13. The van der Waals surface area contributed by atoms with Gasteiger partial charge in [0.2, 0.25) is 0 Å². The van der Waals surface area contributed by atoms with Gasteiger partial charge in [0.05, 0.1) is 6.10 Å². The Bertz CT molecular complexity index is 80.7. The Morgan fingerprint density at radius 3 is 2.50 bits per heavy atom. The van der Waals surface area contributed by atoms with Gasteiger partial charge in [0.1, 0.15) is 0 Å². The van der Waals surface area contributed by atoms with Gasteiger partial charge in [-0.3, -0.25) is 0 Å². The van der Waals surface area contributed by atoms with Crippen LogP contribution in [0.4, 0.5) is 0 Å². The molecule has 1 unspecified atom stereocenters. The molecular weight excluding hydrogens is 124 g/mol. The maximum absolute atomic E-state index is 5.60. The molecule has 0 aromatic carbocycles. The third kappa shape index (κ3) is 1.72. The summed E-state index contributed by atoms with van der Waals surface area (Å²) in [6.07, 6.45) is 5.73. The number of rotatable bonds is 3. The van der Waals surface area contributed by atoms with Crippen LogP contribution < -0.4 is 0 Å². The van der Waals surface area contributed by atoms with E-state index in [2.05, 4.69) is 13.8 Å². The average Bonchev–Trinajstić information content (AvgIpc) is 2.43. The van der Waals surface area contributed by atoms with Gasteiger partial charge in [0.15, 0.2) is 0 Å². The first-order valence-corrected chi connectivity index (χ1v) is 4.50. The Morgan fingerprint density at radius 2 is 2.10 bits per heavy atom. The molecule has 0 aromatic rings. The molecule has 0 bridgehead atoms. The lowest BCUT2D eigenvalue weighted by Gasteiger charge is -2.18. The topological polar surface area (TPSA) is 9.23 Å². The minimum Gasteiger partial charge on any atom is -0.378 e. The molecular formula is C9H18O. The van der Waals surface area contributed by atoms with Crippen molar-refractivity contribution in [2.45, 2.75) is 45.6 Å². The third-order valence-electron chi connectivity index (χ3n) is 2.54. The Morgan fingerprint density at radius 1 is 1.40 bits per heavy atom. The summed E-state index contributed by atoms with van der Waals surface area (Å²) >= 11 is 0. The van der Waals surface area contributed by atoms with Gasteiger partial charge in [-0.2, -0.15) is 0 Å². The predicted molar refractivity (Wildman–Crippen MR) is 43.0 cm³/mol. The van der Waals surface area contributed by atoms with Gasteiger partial charge in [-0.05, 0) is 18.8 Å². The highest BCUT2D eigenvalue weighted by Crippen LogP contribution is 2.24. The van der Waals surface area contributed by atoms with Crippen LogP contribution in [-0.2, 0) is 4.74 Å². The molecule has 1 nitrogen and oxygen atoms in total. The zero-order valence-electron chi connectivity index (χ0n) is 7.10. The van der Waals surface area contributed by atoms with Crippen molar-refractivity contribution in [3.05, 3.63) is 0 Å². The smallest absolute Gasteiger partial charge is 0.0603 e. The predicted octanol–water partition coefficient (Wildman–Crippen LogP) is 2.60. The number of hydrogen-bond acceptors (Lipinski definition) is 1. The van der Waals surface area contributed by atoms with Crippen molar-refractivity contribution in [2.24, 2.45) is 5.92 Å².